The summed E-state index contributed by atoms with van der Waals surface area (Å²) >= 11 is 0. The first kappa shape index (κ1) is 74.2. The lowest BCUT2D eigenvalue weighted by Crippen LogP contribution is -2.67. The van der Waals surface area contributed by atoms with Gasteiger partial charge in [-0.05, 0) is 110 Å². The molecule has 95 heavy (non-hydrogen) atoms. The van der Waals surface area contributed by atoms with E-state index in [-0.39, 0.29) is 41.6 Å². The molecule has 37 atom stereocenters. The molecule has 10 fully saturated rings. The average molecular weight is 1370 g/mol. The highest BCUT2D eigenvalue weighted by Crippen LogP contribution is 2.76. The zero-order chi connectivity index (χ0) is 69.3. The van der Waals surface area contributed by atoms with Crippen LogP contribution in [0.2, 0.25) is 0 Å². The first-order valence-electron chi connectivity index (χ1n) is 33.6. The third-order valence-electron chi connectivity index (χ3n) is 25.0. The van der Waals surface area contributed by atoms with E-state index in [2.05, 4.69) is 40.7 Å². The molecule has 0 aromatic heterocycles. The Kier molecular flexibility index (Phi) is 21.6. The lowest BCUT2D eigenvalue weighted by atomic mass is 9.33. The highest BCUT2D eigenvalue weighted by atomic mass is 16.8. The first-order valence-corrected chi connectivity index (χ1v) is 33.6. The predicted octanol–water partition coefficient (Wildman–Crippen LogP) is -5.11. The van der Waals surface area contributed by atoms with Crippen molar-refractivity contribution in [1.29, 1.82) is 0 Å². The second-order valence-corrected chi connectivity index (χ2v) is 31.0. The Hall–Kier alpha value is -1.95. The van der Waals surface area contributed by atoms with Crippen molar-refractivity contribution >= 4 is 5.97 Å². The quantitative estimate of drug-likeness (QED) is 0.0414. The monoisotopic (exact) mass is 1370 g/mol. The van der Waals surface area contributed by atoms with Gasteiger partial charge in [0, 0.05) is 0 Å². The number of esters is 1. The molecule has 0 aromatic carbocycles. The molecular weight excluding hydrogens is 1260 g/mol. The van der Waals surface area contributed by atoms with E-state index in [0.717, 1.165) is 24.8 Å². The molecule has 0 unspecified atom stereocenters. The van der Waals surface area contributed by atoms with Gasteiger partial charge in [-0.15, -0.1) is 0 Å². The number of aliphatic hydroxyl groups excluding tert-OH is 18. The van der Waals surface area contributed by atoms with E-state index in [0.29, 0.717) is 32.1 Å². The number of rotatable bonds is 15. The number of hydrogen-bond donors (Lipinski definition) is 18. The summed E-state index contributed by atoms with van der Waals surface area (Å²) < 4.78 is 71.1. The van der Waals surface area contributed by atoms with Crippen LogP contribution in [0.1, 0.15) is 113 Å². The second kappa shape index (κ2) is 27.7. The maximum Gasteiger partial charge on any atom is 0.315 e. The van der Waals surface area contributed by atoms with Crippen molar-refractivity contribution in [2.75, 3.05) is 33.0 Å². The van der Waals surface area contributed by atoms with Gasteiger partial charge in [0.2, 0.25) is 6.29 Å². The van der Waals surface area contributed by atoms with E-state index < -0.39 is 238 Å². The average Bonchev–Trinajstić information content (AvgIpc) is 0.675. The molecule has 6 heterocycles. The number of carbonyl (C=O) groups is 1. The van der Waals surface area contributed by atoms with Gasteiger partial charge in [-0.25, -0.2) is 0 Å². The summed E-state index contributed by atoms with van der Waals surface area (Å²) in [5, 5.41) is 195. The smallest absolute Gasteiger partial charge is 0.315 e. The Morgan fingerprint density at radius 2 is 1.05 bits per heavy atom. The third kappa shape index (κ3) is 12.6. The summed E-state index contributed by atoms with van der Waals surface area (Å²) in [7, 11) is 0. The number of hydrogen-bond acceptors (Lipinski definition) is 31. The van der Waals surface area contributed by atoms with Crippen LogP contribution in [-0.4, -0.2) is 315 Å². The molecular formula is C64H104O31. The molecule has 0 spiro atoms. The molecule has 5 aliphatic carbocycles. The normalized spacial score (nSPS) is 54.6. The second-order valence-electron chi connectivity index (χ2n) is 31.0. The lowest BCUT2D eigenvalue weighted by molar-refractivity contribution is -0.386. The van der Waals surface area contributed by atoms with Crippen molar-refractivity contribution in [2.45, 2.75) is 297 Å². The molecule has 0 amide bonds. The van der Waals surface area contributed by atoms with Gasteiger partial charge in [-0.1, -0.05) is 60.1 Å². The topological polar surface area (TPSA) is 492 Å². The van der Waals surface area contributed by atoms with Gasteiger partial charge in [0.15, 0.2) is 31.5 Å². The van der Waals surface area contributed by atoms with Crippen molar-refractivity contribution in [3.05, 3.63) is 11.6 Å². The minimum Gasteiger partial charge on any atom is -0.432 e. The van der Waals surface area contributed by atoms with Crippen molar-refractivity contribution in [3.63, 3.8) is 0 Å². The molecule has 18 N–H and O–H groups in total. The number of allylic oxidation sites excluding steroid dienone is 2. The number of fused-ring (bicyclic) bond motifs is 7. The van der Waals surface area contributed by atoms with Crippen LogP contribution in [-0.2, 0) is 61.6 Å². The van der Waals surface area contributed by atoms with Crippen LogP contribution >= 0.6 is 0 Å². The molecule has 546 valence electrons. The Balaban J connectivity index is 0.739. The molecule has 4 saturated carbocycles. The highest BCUT2D eigenvalue weighted by molar-refractivity contribution is 5.79. The maximum absolute atomic E-state index is 14.9. The largest absolute Gasteiger partial charge is 0.432 e. The molecule has 0 radical (unpaired) electrons. The van der Waals surface area contributed by atoms with E-state index in [4.69, 9.17) is 56.8 Å². The molecule has 0 aromatic rings. The van der Waals surface area contributed by atoms with E-state index >= 15 is 0 Å². The van der Waals surface area contributed by atoms with Gasteiger partial charge in [0.25, 0.3) is 0 Å². The zero-order valence-electron chi connectivity index (χ0n) is 54.9. The fraction of sp³-hybridized carbons (Fsp3) is 0.953. The number of carbonyl (C=O) groups excluding carboxylic acids is 1. The van der Waals surface area contributed by atoms with E-state index in [1.54, 1.807) is 0 Å². The molecule has 11 rings (SSSR count). The van der Waals surface area contributed by atoms with Gasteiger partial charge in [-0.2, -0.15) is 0 Å². The van der Waals surface area contributed by atoms with E-state index in [1.165, 1.54) is 6.92 Å². The van der Waals surface area contributed by atoms with Crippen molar-refractivity contribution in [2.24, 2.45) is 50.2 Å². The van der Waals surface area contributed by atoms with Gasteiger partial charge in [0.1, 0.15) is 128 Å². The van der Waals surface area contributed by atoms with Crippen LogP contribution in [0.3, 0.4) is 0 Å². The summed E-state index contributed by atoms with van der Waals surface area (Å²) in [6.45, 7) is 13.5. The molecule has 11 aliphatic rings. The summed E-state index contributed by atoms with van der Waals surface area (Å²) in [6.07, 6.45) is -41.1. The minimum absolute atomic E-state index is 0.0766. The summed E-state index contributed by atoms with van der Waals surface area (Å²) in [6, 6.07) is 0. The van der Waals surface area contributed by atoms with Crippen LogP contribution in [0.25, 0.3) is 0 Å². The van der Waals surface area contributed by atoms with E-state index in [1.807, 2.05) is 13.8 Å². The van der Waals surface area contributed by atoms with Crippen molar-refractivity contribution < 1.29 is 154 Å². The minimum atomic E-state index is -2.00. The molecule has 31 heteroatoms. The Bertz CT molecular complexity index is 2670. The molecule has 6 saturated heterocycles. The summed E-state index contributed by atoms with van der Waals surface area (Å²) in [4.78, 5) is 14.9. The standard InChI is InChI=1S/C64H104O31/c1-24-36(70)50(93-52-44(78)40(74)31(23-85-52)90-53-47(81)43(77)49(30(21-67)89-53)92-54-45(79)41(75)38(72)28(19-65)87-54)48(82)56(86-24)94-51-37(71)27(68)22-84-57(51)91-35-12-13-61(6)32(60(35,4)5)11-14-63(8)33(61)10-9-25-26-17-59(2,3)34(69)18-64(26,16-15-62(25,63)7)58(83)95-55-46(80)42(76)39(73)29(20-66)88-55/h9,24,26-57,65-82H,10-23H2,1-8H3/t24-,26-,27-,28+,29+,30+,31+,32-,33+,34+,35-,36-,37-,38+,39+,40+,41-,42-,43+,44+,45+,46+,47+,48+,49+,50+,51+,52-,53-,54-,55-,56-,57-,61-,62+,63+,64+/m0/s1. The van der Waals surface area contributed by atoms with Crippen LogP contribution < -0.4 is 0 Å². The van der Waals surface area contributed by atoms with Crippen LogP contribution in [0.5, 0.6) is 0 Å². The van der Waals surface area contributed by atoms with Crippen LogP contribution in [0, 0.1) is 50.2 Å². The van der Waals surface area contributed by atoms with Crippen molar-refractivity contribution in [3.8, 4) is 0 Å². The Morgan fingerprint density at radius 1 is 0.495 bits per heavy atom. The van der Waals surface area contributed by atoms with E-state index in [9.17, 15) is 96.7 Å². The summed E-state index contributed by atoms with van der Waals surface area (Å²) in [5.74, 6) is -0.812. The lowest BCUT2D eigenvalue weighted by Gasteiger charge is -2.71. The van der Waals surface area contributed by atoms with Crippen LogP contribution in [0.15, 0.2) is 11.6 Å². The predicted molar refractivity (Wildman–Crippen MR) is 316 cm³/mol. The maximum atomic E-state index is 14.9. The van der Waals surface area contributed by atoms with Gasteiger partial charge in [-0.3, -0.25) is 4.79 Å². The van der Waals surface area contributed by atoms with Gasteiger partial charge >= 0.3 is 5.97 Å². The molecule has 6 aliphatic heterocycles. The SMILES string of the molecule is C[C@@H]1O[C@@H](O[C@H]2[C@H](O[C@H]3CC[C@]4(C)[C@H]5CC=C6[C@@H]7CC(C)(C)[C@H](O)C[C@]7(C(=O)O[C@@H]7O[C@H](CO)[C@@H](O)[C@H](O)[C@H]7O)CC[C@@]6(C)[C@]5(C)CC[C@H]4C3(C)C)OC[C@H](O)[C@@H]2O)[C@H](O)[C@H](O[C@@H]2OC[C@@H](O[C@@H]3O[C@H](CO)[C@@H](O[C@@H]4O[C@H](CO)[C@@H](O)[C@H](O)[C@H]4O)[C@H](O)[C@H]3O)[C@@H](O)[C@H]2O)[C@H]1O. The van der Waals surface area contributed by atoms with Gasteiger partial charge < -0.3 is 149 Å². The summed E-state index contributed by atoms with van der Waals surface area (Å²) in [5.41, 5.74) is -2.16. The fourth-order valence-corrected chi connectivity index (χ4v) is 18.8. The Labute approximate surface area is 550 Å². The zero-order valence-corrected chi connectivity index (χ0v) is 54.9. The fourth-order valence-electron chi connectivity index (χ4n) is 18.8. The molecule has 0 bridgehead atoms. The first-order chi connectivity index (χ1) is 44.5. The highest BCUT2D eigenvalue weighted by Gasteiger charge is 2.71. The Morgan fingerprint density at radius 3 is 1.71 bits per heavy atom. The number of aliphatic hydroxyl groups is 18. The van der Waals surface area contributed by atoms with Crippen molar-refractivity contribution in [1.82, 2.24) is 0 Å². The third-order valence-corrected chi connectivity index (χ3v) is 25.0. The van der Waals surface area contributed by atoms with Gasteiger partial charge in [0.05, 0.1) is 56.8 Å². The number of ether oxygens (including phenoxy) is 12. The van der Waals surface area contributed by atoms with Crippen LogP contribution in [0.4, 0.5) is 0 Å². The molecule has 31 nitrogen and oxygen atoms in total.